The number of hydrogen-bond donors (Lipinski definition) is 1. The standard InChI is InChI=1S/C16H22N2O3/c17-12(11-4-5-15-16(8-11)21-10-20-15)9-18-6-7-19-14-3-1-2-13(14)18/h4-5,8,12-14H,1-3,6-7,9-10,17H2. The van der Waals surface area contributed by atoms with Crippen LogP contribution >= 0.6 is 0 Å². The van der Waals surface area contributed by atoms with Crippen LogP contribution in [-0.4, -0.2) is 43.5 Å². The van der Waals surface area contributed by atoms with Crippen LogP contribution in [0.15, 0.2) is 18.2 Å². The normalized spacial score (nSPS) is 29.4. The van der Waals surface area contributed by atoms with E-state index in [4.69, 9.17) is 19.9 Å². The molecule has 0 radical (unpaired) electrons. The van der Waals surface area contributed by atoms with Gasteiger partial charge in [-0.3, -0.25) is 4.90 Å². The zero-order valence-corrected chi connectivity index (χ0v) is 12.2. The van der Waals surface area contributed by atoms with Crippen molar-refractivity contribution in [2.75, 3.05) is 26.5 Å². The second kappa shape index (κ2) is 5.48. The molecule has 0 aromatic heterocycles. The Morgan fingerprint density at radius 1 is 1.24 bits per heavy atom. The zero-order chi connectivity index (χ0) is 14.2. The molecule has 1 aromatic rings. The molecule has 5 nitrogen and oxygen atoms in total. The third-order valence-electron chi connectivity index (χ3n) is 4.85. The van der Waals surface area contributed by atoms with Crippen LogP contribution in [0.1, 0.15) is 30.9 Å². The molecule has 4 rings (SSSR count). The van der Waals surface area contributed by atoms with E-state index in [0.717, 1.165) is 36.8 Å². The predicted octanol–water partition coefficient (Wildman–Crippen LogP) is 1.67. The Morgan fingerprint density at radius 2 is 2.14 bits per heavy atom. The van der Waals surface area contributed by atoms with Gasteiger partial charge in [-0.1, -0.05) is 6.07 Å². The molecule has 21 heavy (non-hydrogen) atoms. The van der Waals surface area contributed by atoms with Crippen LogP contribution in [0.4, 0.5) is 0 Å². The van der Waals surface area contributed by atoms with Crippen LogP contribution in [0.25, 0.3) is 0 Å². The third-order valence-corrected chi connectivity index (χ3v) is 4.85. The fourth-order valence-corrected chi connectivity index (χ4v) is 3.73. The van der Waals surface area contributed by atoms with Gasteiger partial charge in [0.25, 0.3) is 0 Å². The summed E-state index contributed by atoms with van der Waals surface area (Å²) in [4.78, 5) is 2.51. The first kappa shape index (κ1) is 13.4. The summed E-state index contributed by atoms with van der Waals surface area (Å²) in [7, 11) is 0. The Balaban J connectivity index is 1.46. The molecule has 114 valence electrons. The van der Waals surface area contributed by atoms with E-state index in [9.17, 15) is 0 Å². The Labute approximate surface area is 125 Å². The number of benzene rings is 1. The first-order chi connectivity index (χ1) is 10.3. The second-order valence-electron chi connectivity index (χ2n) is 6.12. The maximum Gasteiger partial charge on any atom is 0.231 e. The van der Waals surface area contributed by atoms with Gasteiger partial charge >= 0.3 is 0 Å². The maximum atomic E-state index is 6.42. The van der Waals surface area contributed by atoms with E-state index in [0.29, 0.717) is 18.9 Å². The fraction of sp³-hybridized carbons (Fsp3) is 0.625. The molecule has 2 N–H and O–H groups in total. The fourth-order valence-electron chi connectivity index (χ4n) is 3.73. The van der Waals surface area contributed by atoms with Crippen molar-refractivity contribution in [3.63, 3.8) is 0 Å². The van der Waals surface area contributed by atoms with Gasteiger partial charge in [0, 0.05) is 25.2 Å². The SMILES string of the molecule is NC(CN1CCOC2CCCC21)c1ccc2c(c1)OCO2. The summed E-state index contributed by atoms with van der Waals surface area (Å²) in [5.41, 5.74) is 7.54. The summed E-state index contributed by atoms with van der Waals surface area (Å²) < 4.78 is 16.6. The molecule has 3 aliphatic rings. The number of ether oxygens (including phenoxy) is 3. The average Bonchev–Trinajstić information content (AvgIpc) is 3.15. The lowest BCUT2D eigenvalue weighted by Gasteiger charge is -2.39. The zero-order valence-electron chi connectivity index (χ0n) is 12.2. The van der Waals surface area contributed by atoms with E-state index in [-0.39, 0.29) is 6.04 Å². The molecule has 1 aliphatic carbocycles. The molecular formula is C16H22N2O3. The maximum absolute atomic E-state index is 6.42. The van der Waals surface area contributed by atoms with Crippen LogP contribution < -0.4 is 15.2 Å². The molecule has 2 heterocycles. The molecule has 0 amide bonds. The molecule has 1 saturated heterocycles. The van der Waals surface area contributed by atoms with Crippen LogP contribution in [0.2, 0.25) is 0 Å². The summed E-state index contributed by atoms with van der Waals surface area (Å²) >= 11 is 0. The number of fused-ring (bicyclic) bond motifs is 2. The van der Waals surface area contributed by atoms with E-state index in [1.165, 1.54) is 19.3 Å². The molecule has 2 fully saturated rings. The summed E-state index contributed by atoms with van der Waals surface area (Å²) in [5.74, 6) is 1.62. The summed E-state index contributed by atoms with van der Waals surface area (Å²) in [5, 5.41) is 0. The Morgan fingerprint density at radius 3 is 3.10 bits per heavy atom. The quantitative estimate of drug-likeness (QED) is 0.917. The lowest BCUT2D eigenvalue weighted by molar-refractivity contribution is -0.0572. The van der Waals surface area contributed by atoms with Crippen molar-refractivity contribution in [2.24, 2.45) is 5.73 Å². The van der Waals surface area contributed by atoms with Crippen molar-refractivity contribution < 1.29 is 14.2 Å². The van der Waals surface area contributed by atoms with Crippen LogP contribution in [-0.2, 0) is 4.74 Å². The van der Waals surface area contributed by atoms with Crippen molar-refractivity contribution in [3.8, 4) is 11.5 Å². The minimum atomic E-state index is -0.00106. The number of hydrogen-bond acceptors (Lipinski definition) is 5. The van der Waals surface area contributed by atoms with Gasteiger partial charge in [0.1, 0.15) is 0 Å². The van der Waals surface area contributed by atoms with Crippen LogP contribution in [0.5, 0.6) is 11.5 Å². The highest BCUT2D eigenvalue weighted by molar-refractivity contribution is 5.45. The van der Waals surface area contributed by atoms with Gasteiger partial charge in [-0.25, -0.2) is 0 Å². The van der Waals surface area contributed by atoms with Crippen molar-refractivity contribution in [1.29, 1.82) is 0 Å². The van der Waals surface area contributed by atoms with E-state index in [2.05, 4.69) is 4.90 Å². The van der Waals surface area contributed by atoms with Gasteiger partial charge in [0.05, 0.1) is 12.7 Å². The Hall–Kier alpha value is -1.30. The molecule has 1 saturated carbocycles. The molecule has 3 unspecified atom stereocenters. The number of rotatable bonds is 3. The van der Waals surface area contributed by atoms with Gasteiger partial charge in [-0.2, -0.15) is 0 Å². The van der Waals surface area contributed by atoms with E-state index in [1.807, 2.05) is 18.2 Å². The number of morpholine rings is 1. The topological polar surface area (TPSA) is 57.0 Å². The Kier molecular flexibility index (Phi) is 3.49. The highest BCUT2D eigenvalue weighted by Crippen LogP contribution is 2.35. The molecular weight excluding hydrogens is 268 g/mol. The minimum absolute atomic E-state index is 0.00106. The van der Waals surface area contributed by atoms with Crippen LogP contribution in [0.3, 0.4) is 0 Å². The molecule has 1 aromatic carbocycles. The third kappa shape index (κ3) is 2.50. The largest absolute Gasteiger partial charge is 0.454 e. The van der Waals surface area contributed by atoms with Crippen molar-refractivity contribution in [3.05, 3.63) is 23.8 Å². The van der Waals surface area contributed by atoms with E-state index >= 15 is 0 Å². The van der Waals surface area contributed by atoms with Gasteiger partial charge < -0.3 is 19.9 Å². The highest BCUT2D eigenvalue weighted by atomic mass is 16.7. The van der Waals surface area contributed by atoms with Crippen molar-refractivity contribution in [2.45, 2.75) is 37.5 Å². The second-order valence-corrected chi connectivity index (χ2v) is 6.12. The molecule has 0 bridgehead atoms. The smallest absolute Gasteiger partial charge is 0.231 e. The number of nitrogens with two attached hydrogens (primary N) is 1. The van der Waals surface area contributed by atoms with Crippen LogP contribution in [0, 0.1) is 0 Å². The summed E-state index contributed by atoms with van der Waals surface area (Å²) in [6, 6.07) is 6.57. The monoisotopic (exact) mass is 290 g/mol. The van der Waals surface area contributed by atoms with Gasteiger partial charge in [0.15, 0.2) is 11.5 Å². The first-order valence-corrected chi connectivity index (χ1v) is 7.82. The van der Waals surface area contributed by atoms with E-state index < -0.39 is 0 Å². The molecule has 0 spiro atoms. The van der Waals surface area contributed by atoms with Crippen molar-refractivity contribution >= 4 is 0 Å². The van der Waals surface area contributed by atoms with Crippen molar-refractivity contribution in [1.82, 2.24) is 4.90 Å². The summed E-state index contributed by atoms with van der Waals surface area (Å²) in [6.07, 6.45) is 4.12. The molecule has 5 heteroatoms. The summed E-state index contributed by atoms with van der Waals surface area (Å²) in [6.45, 7) is 3.00. The van der Waals surface area contributed by atoms with Gasteiger partial charge in [0.2, 0.25) is 6.79 Å². The lowest BCUT2D eigenvalue weighted by Crippen LogP contribution is -2.50. The Bertz CT molecular complexity index is 522. The predicted molar refractivity (Wildman–Crippen MR) is 78.4 cm³/mol. The lowest BCUT2D eigenvalue weighted by atomic mass is 10.0. The molecule has 3 atom stereocenters. The minimum Gasteiger partial charge on any atom is -0.454 e. The molecule has 2 aliphatic heterocycles. The van der Waals surface area contributed by atoms with Gasteiger partial charge in [-0.05, 0) is 37.0 Å². The number of nitrogens with zero attached hydrogens (tertiary/aromatic N) is 1. The van der Waals surface area contributed by atoms with Gasteiger partial charge in [-0.15, -0.1) is 0 Å². The van der Waals surface area contributed by atoms with E-state index in [1.54, 1.807) is 0 Å². The highest BCUT2D eigenvalue weighted by Gasteiger charge is 2.36. The average molecular weight is 290 g/mol. The first-order valence-electron chi connectivity index (χ1n) is 7.82.